The van der Waals surface area contributed by atoms with Crippen LogP contribution in [0.5, 0.6) is 5.75 Å². The Labute approximate surface area is 123 Å². The lowest BCUT2D eigenvalue weighted by atomic mass is 10.1. The highest BCUT2D eigenvalue weighted by Crippen LogP contribution is 2.18. The van der Waals surface area contributed by atoms with Crippen LogP contribution in [0.3, 0.4) is 0 Å². The second-order valence-electron chi connectivity index (χ2n) is 4.78. The maximum Gasteiger partial charge on any atom is 0.265 e. The van der Waals surface area contributed by atoms with Gasteiger partial charge >= 0.3 is 0 Å². The first-order valence-electron chi connectivity index (χ1n) is 6.89. The fraction of sp³-hybridized carbons (Fsp3) is 0.235. The van der Waals surface area contributed by atoms with Crippen molar-refractivity contribution >= 4 is 11.6 Å². The molecule has 1 amide bonds. The van der Waals surface area contributed by atoms with E-state index in [1.807, 2.05) is 32.0 Å². The van der Waals surface area contributed by atoms with E-state index >= 15 is 0 Å². The molecule has 0 aliphatic carbocycles. The maximum absolute atomic E-state index is 13.2. The molecule has 0 unspecified atom stereocenters. The van der Waals surface area contributed by atoms with E-state index in [0.717, 1.165) is 5.56 Å². The number of halogens is 1. The van der Waals surface area contributed by atoms with Gasteiger partial charge in [-0.3, -0.25) is 4.79 Å². The number of anilines is 1. The number of carbonyl (C=O) groups excluding carboxylic acids is 1. The van der Waals surface area contributed by atoms with Gasteiger partial charge in [-0.1, -0.05) is 31.2 Å². The highest BCUT2D eigenvalue weighted by molar-refractivity contribution is 5.95. The van der Waals surface area contributed by atoms with Crippen LogP contribution in [0.2, 0.25) is 0 Å². The number of amides is 1. The molecule has 0 radical (unpaired) electrons. The van der Waals surface area contributed by atoms with Crippen LogP contribution in [0.4, 0.5) is 10.1 Å². The predicted octanol–water partition coefficient (Wildman–Crippen LogP) is 3.93. The van der Waals surface area contributed by atoms with E-state index < -0.39 is 6.10 Å². The number of rotatable bonds is 5. The third-order valence-corrected chi connectivity index (χ3v) is 3.14. The van der Waals surface area contributed by atoms with E-state index in [1.54, 1.807) is 18.2 Å². The van der Waals surface area contributed by atoms with E-state index in [0.29, 0.717) is 17.9 Å². The average molecular weight is 287 g/mol. The van der Waals surface area contributed by atoms with E-state index in [9.17, 15) is 9.18 Å². The monoisotopic (exact) mass is 287 g/mol. The lowest BCUT2D eigenvalue weighted by Crippen LogP contribution is -2.32. The van der Waals surface area contributed by atoms with Gasteiger partial charge in [0, 0.05) is 5.69 Å². The highest BCUT2D eigenvalue weighted by atomic mass is 19.1. The molecule has 0 spiro atoms. The standard InChI is InChI=1S/C17H18FNO2/c1-3-16(21-14-7-5-4-6-8-14)17(20)19-15-11-13(18)10-9-12(15)2/h4-11,16H,3H2,1-2H3,(H,19,20)/t16-/m1/s1. The van der Waals surface area contributed by atoms with Gasteiger partial charge in [0.25, 0.3) is 5.91 Å². The van der Waals surface area contributed by atoms with E-state index in [2.05, 4.69) is 5.32 Å². The van der Waals surface area contributed by atoms with Crippen molar-refractivity contribution in [3.8, 4) is 5.75 Å². The third kappa shape index (κ3) is 4.05. The summed E-state index contributed by atoms with van der Waals surface area (Å²) in [5.74, 6) is -0.0292. The van der Waals surface area contributed by atoms with Crippen LogP contribution in [0.25, 0.3) is 0 Å². The van der Waals surface area contributed by atoms with Gasteiger partial charge in [0.15, 0.2) is 6.10 Å². The van der Waals surface area contributed by atoms with Crippen molar-refractivity contribution in [2.45, 2.75) is 26.4 Å². The summed E-state index contributed by atoms with van der Waals surface area (Å²) in [4.78, 5) is 12.3. The maximum atomic E-state index is 13.2. The topological polar surface area (TPSA) is 38.3 Å². The van der Waals surface area contributed by atoms with Crippen molar-refractivity contribution in [3.63, 3.8) is 0 Å². The van der Waals surface area contributed by atoms with Crippen LogP contribution in [-0.2, 0) is 4.79 Å². The van der Waals surface area contributed by atoms with Crippen molar-refractivity contribution in [2.75, 3.05) is 5.32 Å². The largest absolute Gasteiger partial charge is 0.481 e. The number of benzene rings is 2. The molecule has 21 heavy (non-hydrogen) atoms. The number of aryl methyl sites for hydroxylation is 1. The molecule has 0 aliphatic heterocycles. The van der Waals surface area contributed by atoms with Gasteiger partial charge in [0.05, 0.1) is 0 Å². The number of hydrogen-bond donors (Lipinski definition) is 1. The Morgan fingerprint density at radius 3 is 2.62 bits per heavy atom. The van der Waals surface area contributed by atoms with E-state index in [-0.39, 0.29) is 11.7 Å². The van der Waals surface area contributed by atoms with Crippen LogP contribution in [0.15, 0.2) is 48.5 Å². The summed E-state index contributed by atoms with van der Waals surface area (Å²) in [5.41, 5.74) is 1.27. The van der Waals surface area contributed by atoms with Gasteiger partial charge in [-0.2, -0.15) is 0 Å². The average Bonchev–Trinajstić information content (AvgIpc) is 2.49. The molecule has 110 valence electrons. The zero-order valence-electron chi connectivity index (χ0n) is 12.1. The second kappa shape index (κ2) is 6.88. The Morgan fingerprint density at radius 1 is 1.24 bits per heavy atom. The number of para-hydroxylation sites is 1. The first-order valence-corrected chi connectivity index (χ1v) is 6.89. The van der Waals surface area contributed by atoms with Crippen LogP contribution in [0.1, 0.15) is 18.9 Å². The summed E-state index contributed by atoms with van der Waals surface area (Å²) in [5, 5.41) is 2.72. The number of ether oxygens (including phenoxy) is 1. The molecular weight excluding hydrogens is 269 g/mol. The summed E-state index contributed by atoms with van der Waals surface area (Å²) >= 11 is 0. The van der Waals surface area contributed by atoms with E-state index in [4.69, 9.17) is 4.74 Å². The molecule has 3 nitrogen and oxygen atoms in total. The van der Waals surface area contributed by atoms with E-state index in [1.165, 1.54) is 12.1 Å². The summed E-state index contributed by atoms with van der Waals surface area (Å²) in [6.07, 6.45) is -0.0928. The fourth-order valence-electron chi connectivity index (χ4n) is 1.93. The molecule has 1 N–H and O–H groups in total. The van der Waals surface area contributed by atoms with Crippen molar-refractivity contribution in [2.24, 2.45) is 0 Å². The van der Waals surface area contributed by atoms with Gasteiger partial charge in [-0.05, 0) is 43.2 Å². The molecule has 2 aromatic carbocycles. The first-order chi connectivity index (χ1) is 10.1. The number of carbonyl (C=O) groups is 1. The molecule has 1 atom stereocenters. The van der Waals surface area contributed by atoms with Gasteiger partial charge < -0.3 is 10.1 Å². The normalized spacial score (nSPS) is 11.8. The number of hydrogen-bond acceptors (Lipinski definition) is 2. The number of nitrogens with one attached hydrogen (secondary N) is 1. The SMILES string of the molecule is CC[C@@H](Oc1ccccc1)C(=O)Nc1cc(F)ccc1C. The minimum absolute atomic E-state index is 0.282. The Bertz CT molecular complexity index is 613. The Kier molecular flexibility index (Phi) is 4.93. The zero-order chi connectivity index (χ0) is 15.2. The molecule has 0 bridgehead atoms. The molecule has 4 heteroatoms. The fourth-order valence-corrected chi connectivity index (χ4v) is 1.93. The molecule has 2 aromatic rings. The van der Waals surface area contributed by atoms with Crippen LogP contribution in [0, 0.1) is 12.7 Å². The first kappa shape index (κ1) is 15.0. The van der Waals surface area contributed by atoms with Gasteiger partial charge in [0.2, 0.25) is 0 Å². The minimum Gasteiger partial charge on any atom is -0.481 e. The molecule has 0 aliphatic rings. The predicted molar refractivity (Wildman–Crippen MR) is 80.9 cm³/mol. The van der Waals surface area contributed by atoms with Crippen LogP contribution < -0.4 is 10.1 Å². The highest BCUT2D eigenvalue weighted by Gasteiger charge is 2.19. The van der Waals surface area contributed by atoms with Crippen LogP contribution >= 0.6 is 0 Å². The van der Waals surface area contributed by atoms with Crippen molar-refractivity contribution < 1.29 is 13.9 Å². The minimum atomic E-state index is -0.616. The summed E-state index contributed by atoms with van der Waals surface area (Å²) in [6.45, 7) is 3.68. The Hall–Kier alpha value is -2.36. The molecule has 0 fully saturated rings. The third-order valence-electron chi connectivity index (χ3n) is 3.14. The van der Waals surface area contributed by atoms with Gasteiger partial charge in [-0.25, -0.2) is 4.39 Å². The van der Waals surface area contributed by atoms with Gasteiger partial charge in [-0.15, -0.1) is 0 Å². The van der Waals surface area contributed by atoms with Crippen molar-refractivity contribution in [1.82, 2.24) is 0 Å². The Morgan fingerprint density at radius 2 is 1.95 bits per heavy atom. The molecule has 0 heterocycles. The summed E-state index contributed by atoms with van der Waals surface area (Å²) in [7, 11) is 0. The smallest absolute Gasteiger partial charge is 0.265 e. The van der Waals surface area contributed by atoms with Crippen LogP contribution in [-0.4, -0.2) is 12.0 Å². The molecule has 0 saturated carbocycles. The Balaban J connectivity index is 2.08. The molecule has 2 rings (SSSR count). The molecular formula is C17H18FNO2. The van der Waals surface area contributed by atoms with Gasteiger partial charge in [0.1, 0.15) is 11.6 Å². The summed E-state index contributed by atoms with van der Waals surface area (Å²) < 4.78 is 18.9. The quantitative estimate of drug-likeness (QED) is 0.905. The summed E-state index contributed by atoms with van der Waals surface area (Å²) in [6, 6.07) is 13.5. The lowest BCUT2D eigenvalue weighted by molar-refractivity contribution is -0.122. The molecule has 0 saturated heterocycles. The van der Waals surface area contributed by atoms with Crippen molar-refractivity contribution in [1.29, 1.82) is 0 Å². The van der Waals surface area contributed by atoms with Crippen molar-refractivity contribution in [3.05, 3.63) is 59.9 Å². The zero-order valence-corrected chi connectivity index (χ0v) is 12.1. The lowest BCUT2D eigenvalue weighted by Gasteiger charge is -2.18. The second-order valence-corrected chi connectivity index (χ2v) is 4.78. The molecule has 0 aromatic heterocycles.